The first-order valence-electron chi connectivity index (χ1n) is 6.22. The highest BCUT2D eigenvalue weighted by Gasteiger charge is 2.49. The summed E-state index contributed by atoms with van der Waals surface area (Å²) in [5.74, 6) is 0.123. The van der Waals surface area contributed by atoms with Crippen molar-refractivity contribution in [1.82, 2.24) is 4.90 Å². The maximum atomic E-state index is 12.5. The molecule has 0 bridgehead atoms. The van der Waals surface area contributed by atoms with Crippen LogP contribution in [-0.4, -0.2) is 42.1 Å². The minimum absolute atomic E-state index is 0.123. The summed E-state index contributed by atoms with van der Waals surface area (Å²) in [6.45, 7) is 1.49. The van der Waals surface area contributed by atoms with E-state index >= 15 is 0 Å². The number of likely N-dealkylation sites (tertiary alicyclic amines) is 1. The van der Waals surface area contributed by atoms with Crippen LogP contribution in [0.25, 0.3) is 0 Å². The molecule has 4 nitrogen and oxygen atoms in total. The van der Waals surface area contributed by atoms with Gasteiger partial charge in [0.25, 0.3) is 0 Å². The van der Waals surface area contributed by atoms with Crippen molar-refractivity contribution < 1.29 is 9.53 Å². The predicted octanol–water partition coefficient (Wildman–Crippen LogP) is 1.08. The maximum Gasteiger partial charge on any atom is 0.235 e. The zero-order valence-corrected chi connectivity index (χ0v) is 11.1. The molecule has 1 aliphatic heterocycles. The lowest BCUT2D eigenvalue weighted by Crippen LogP contribution is -2.57. The van der Waals surface area contributed by atoms with E-state index in [1.54, 1.807) is 7.11 Å². The highest BCUT2D eigenvalue weighted by atomic mass is 32.1. The van der Waals surface area contributed by atoms with Crippen molar-refractivity contribution in [3.8, 4) is 0 Å². The SMILES string of the molecule is COC1CCCN(C(=O)C2(C(N)=S)CCC2)C1. The molecule has 17 heavy (non-hydrogen) atoms. The van der Waals surface area contributed by atoms with Crippen LogP contribution < -0.4 is 5.73 Å². The number of carbonyl (C=O) groups is 1. The molecule has 1 atom stereocenters. The van der Waals surface area contributed by atoms with E-state index in [4.69, 9.17) is 22.7 Å². The van der Waals surface area contributed by atoms with E-state index in [1.807, 2.05) is 4.90 Å². The van der Waals surface area contributed by atoms with Crippen molar-refractivity contribution in [2.45, 2.75) is 38.2 Å². The smallest absolute Gasteiger partial charge is 0.235 e. The average Bonchev–Trinajstić information content (AvgIpc) is 2.27. The Labute approximate surface area is 107 Å². The third-order valence-electron chi connectivity index (χ3n) is 4.09. The number of piperidine rings is 1. The third kappa shape index (κ3) is 2.18. The van der Waals surface area contributed by atoms with Crippen LogP contribution in [0.2, 0.25) is 0 Å². The van der Waals surface area contributed by atoms with Crippen LogP contribution in [0.4, 0.5) is 0 Å². The molecule has 5 heteroatoms. The van der Waals surface area contributed by atoms with Crippen LogP contribution in [0, 0.1) is 5.41 Å². The van der Waals surface area contributed by atoms with Crippen molar-refractivity contribution in [3.05, 3.63) is 0 Å². The molecular formula is C12H20N2O2S. The Morgan fingerprint density at radius 1 is 1.47 bits per heavy atom. The Bertz CT molecular complexity index is 328. The molecule has 0 radical (unpaired) electrons. The molecule has 2 fully saturated rings. The molecule has 1 heterocycles. The summed E-state index contributed by atoms with van der Waals surface area (Å²) < 4.78 is 5.34. The molecule has 2 N–H and O–H groups in total. The van der Waals surface area contributed by atoms with Crippen LogP contribution in [0.1, 0.15) is 32.1 Å². The van der Waals surface area contributed by atoms with Gasteiger partial charge in [0.1, 0.15) is 0 Å². The second-order valence-electron chi connectivity index (χ2n) is 5.05. The quantitative estimate of drug-likeness (QED) is 0.768. The second-order valence-corrected chi connectivity index (χ2v) is 5.49. The number of ether oxygens (including phenoxy) is 1. The molecule has 0 aromatic heterocycles. The number of thiocarbonyl (C=S) groups is 1. The number of rotatable bonds is 3. The number of nitrogens with zero attached hydrogens (tertiary/aromatic N) is 1. The summed E-state index contributed by atoms with van der Waals surface area (Å²) >= 11 is 5.08. The van der Waals surface area contributed by atoms with E-state index in [-0.39, 0.29) is 12.0 Å². The number of hydrogen-bond donors (Lipinski definition) is 1. The molecule has 1 amide bonds. The molecule has 1 aliphatic carbocycles. The fourth-order valence-corrected chi connectivity index (χ4v) is 3.01. The van der Waals surface area contributed by atoms with Crippen LogP contribution in [0.15, 0.2) is 0 Å². The lowest BCUT2D eigenvalue weighted by atomic mass is 9.67. The summed E-state index contributed by atoms with van der Waals surface area (Å²) in [5.41, 5.74) is 5.22. The van der Waals surface area contributed by atoms with E-state index in [2.05, 4.69) is 0 Å². The molecule has 2 rings (SSSR count). The third-order valence-corrected chi connectivity index (χ3v) is 4.48. The highest BCUT2D eigenvalue weighted by Crippen LogP contribution is 2.43. The Hall–Kier alpha value is -0.680. The zero-order chi connectivity index (χ0) is 12.5. The highest BCUT2D eigenvalue weighted by molar-refractivity contribution is 7.80. The predicted molar refractivity (Wildman–Crippen MR) is 69.7 cm³/mol. The van der Waals surface area contributed by atoms with Gasteiger partial charge in [-0.15, -0.1) is 0 Å². The van der Waals surface area contributed by atoms with Gasteiger partial charge in [-0.2, -0.15) is 0 Å². The molecule has 0 aromatic rings. The molecule has 0 spiro atoms. The molecule has 0 aromatic carbocycles. The van der Waals surface area contributed by atoms with Crippen molar-refractivity contribution in [1.29, 1.82) is 0 Å². The first-order valence-corrected chi connectivity index (χ1v) is 6.63. The lowest BCUT2D eigenvalue weighted by Gasteiger charge is -2.44. The summed E-state index contributed by atoms with van der Waals surface area (Å²) in [7, 11) is 1.70. The van der Waals surface area contributed by atoms with Gasteiger partial charge in [-0.3, -0.25) is 4.79 Å². The topological polar surface area (TPSA) is 55.6 Å². The van der Waals surface area contributed by atoms with E-state index < -0.39 is 5.41 Å². The number of carbonyl (C=O) groups excluding carboxylic acids is 1. The lowest BCUT2D eigenvalue weighted by molar-refractivity contribution is -0.145. The van der Waals surface area contributed by atoms with Crippen molar-refractivity contribution in [2.75, 3.05) is 20.2 Å². The minimum atomic E-state index is -0.537. The van der Waals surface area contributed by atoms with Crippen LogP contribution >= 0.6 is 12.2 Å². The first kappa shape index (κ1) is 12.8. The molecular weight excluding hydrogens is 236 g/mol. The minimum Gasteiger partial charge on any atom is -0.392 e. The van der Waals surface area contributed by atoms with Crippen LogP contribution in [-0.2, 0) is 9.53 Å². The molecule has 1 saturated heterocycles. The van der Waals surface area contributed by atoms with Crippen LogP contribution in [0.3, 0.4) is 0 Å². The first-order chi connectivity index (χ1) is 8.10. The fourth-order valence-electron chi connectivity index (χ4n) is 2.71. The van der Waals surface area contributed by atoms with Gasteiger partial charge in [-0.1, -0.05) is 18.6 Å². The van der Waals surface area contributed by atoms with Gasteiger partial charge in [0.2, 0.25) is 5.91 Å². The van der Waals surface area contributed by atoms with Gasteiger partial charge in [-0.25, -0.2) is 0 Å². The normalized spacial score (nSPS) is 27.4. The summed E-state index contributed by atoms with van der Waals surface area (Å²) in [4.78, 5) is 14.8. The summed E-state index contributed by atoms with van der Waals surface area (Å²) in [6.07, 6.45) is 4.86. The standard InChI is InChI=1S/C12H20N2O2S/c1-16-9-4-2-7-14(8-9)11(15)12(10(13)17)5-3-6-12/h9H,2-8H2,1H3,(H2,13,17). The Morgan fingerprint density at radius 2 is 2.18 bits per heavy atom. The molecule has 96 valence electrons. The van der Waals surface area contributed by atoms with E-state index in [1.165, 1.54) is 0 Å². The van der Waals surface area contributed by atoms with Gasteiger partial charge in [0.15, 0.2) is 0 Å². The largest absolute Gasteiger partial charge is 0.392 e. The number of amides is 1. The summed E-state index contributed by atoms with van der Waals surface area (Å²) in [5, 5.41) is 0. The van der Waals surface area contributed by atoms with Crippen molar-refractivity contribution in [2.24, 2.45) is 11.1 Å². The number of nitrogens with two attached hydrogens (primary N) is 1. The van der Waals surface area contributed by atoms with Crippen molar-refractivity contribution >= 4 is 23.1 Å². The van der Waals surface area contributed by atoms with Gasteiger partial charge in [0, 0.05) is 20.2 Å². The van der Waals surface area contributed by atoms with Gasteiger partial charge in [-0.05, 0) is 25.7 Å². The second kappa shape index (κ2) is 4.90. The zero-order valence-electron chi connectivity index (χ0n) is 10.3. The molecule has 1 unspecified atom stereocenters. The number of hydrogen-bond acceptors (Lipinski definition) is 3. The van der Waals surface area contributed by atoms with E-state index in [0.717, 1.165) is 38.6 Å². The molecule has 2 aliphatic rings. The van der Waals surface area contributed by atoms with E-state index in [9.17, 15) is 4.79 Å². The Kier molecular flexibility index (Phi) is 3.68. The van der Waals surface area contributed by atoms with Crippen LogP contribution in [0.5, 0.6) is 0 Å². The summed E-state index contributed by atoms with van der Waals surface area (Å²) in [6, 6.07) is 0. The van der Waals surface area contributed by atoms with E-state index in [0.29, 0.717) is 11.5 Å². The van der Waals surface area contributed by atoms with Gasteiger partial charge in [0.05, 0.1) is 16.5 Å². The Morgan fingerprint density at radius 3 is 2.65 bits per heavy atom. The number of methoxy groups -OCH3 is 1. The molecule has 1 saturated carbocycles. The monoisotopic (exact) mass is 256 g/mol. The maximum absolute atomic E-state index is 12.5. The van der Waals surface area contributed by atoms with Gasteiger partial charge >= 0.3 is 0 Å². The van der Waals surface area contributed by atoms with Gasteiger partial charge < -0.3 is 15.4 Å². The van der Waals surface area contributed by atoms with Crippen molar-refractivity contribution in [3.63, 3.8) is 0 Å². The average molecular weight is 256 g/mol. The fraction of sp³-hybridized carbons (Fsp3) is 0.833. The Balaban J connectivity index is 2.06.